The minimum atomic E-state index is -0.905. The average Bonchev–Trinajstić information content (AvgIpc) is 3.29. The second-order valence-corrected chi connectivity index (χ2v) is 8.39. The van der Waals surface area contributed by atoms with Crippen molar-refractivity contribution in [3.8, 4) is 22.6 Å². The molecule has 0 radical (unpaired) electrons. The van der Waals surface area contributed by atoms with Crippen LogP contribution in [0.5, 0.6) is 0 Å². The van der Waals surface area contributed by atoms with Gasteiger partial charge in [0.1, 0.15) is 5.69 Å². The quantitative estimate of drug-likeness (QED) is 0.350. The summed E-state index contributed by atoms with van der Waals surface area (Å²) in [6, 6.07) is 27.4. The normalized spacial score (nSPS) is 15.8. The second-order valence-electron chi connectivity index (χ2n) is 8.39. The van der Waals surface area contributed by atoms with Gasteiger partial charge in [-0.2, -0.15) is 0 Å². The molecule has 4 heteroatoms. The molecule has 0 fully saturated rings. The summed E-state index contributed by atoms with van der Waals surface area (Å²) in [6.07, 6.45) is 6.04. The predicted octanol–water partition coefficient (Wildman–Crippen LogP) is 7.13. The molecule has 3 aromatic carbocycles. The van der Waals surface area contributed by atoms with Gasteiger partial charge in [0.15, 0.2) is 11.7 Å². The Morgan fingerprint density at radius 3 is 2.33 bits per heavy atom. The molecule has 1 atom stereocenters. The van der Waals surface area contributed by atoms with Gasteiger partial charge in [-0.25, -0.2) is 9.78 Å². The third-order valence-corrected chi connectivity index (χ3v) is 6.18. The van der Waals surface area contributed by atoms with Crippen LogP contribution in [-0.2, 0) is 6.42 Å². The van der Waals surface area contributed by atoms with Gasteiger partial charge in [0.25, 0.3) is 0 Å². The van der Waals surface area contributed by atoms with Gasteiger partial charge in [-0.15, -0.1) is 0 Å². The van der Waals surface area contributed by atoms with Crippen molar-refractivity contribution in [3.05, 3.63) is 108 Å². The molecule has 0 amide bonds. The first kappa shape index (κ1) is 21.0. The number of rotatable bonds is 6. The van der Waals surface area contributed by atoms with E-state index in [0.717, 1.165) is 47.4 Å². The van der Waals surface area contributed by atoms with E-state index in [4.69, 9.17) is 9.40 Å². The van der Waals surface area contributed by atoms with E-state index in [-0.39, 0.29) is 5.92 Å². The van der Waals surface area contributed by atoms with Crippen molar-refractivity contribution in [2.45, 2.75) is 25.7 Å². The Balaban J connectivity index is 1.50. The zero-order valence-corrected chi connectivity index (χ0v) is 18.3. The number of carboxylic acids is 1. The van der Waals surface area contributed by atoms with E-state index in [1.165, 1.54) is 5.57 Å². The molecule has 1 unspecified atom stereocenters. The Hall–Kier alpha value is -3.92. The summed E-state index contributed by atoms with van der Waals surface area (Å²) >= 11 is 0. The molecule has 33 heavy (non-hydrogen) atoms. The lowest BCUT2D eigenvalue weighted by Crippen LogP contribution is -2.12. The van der Waals surface area contributed by atoms with Crippen LogP contribution in [0.4, 0.5) is 0 Å². The molecule has 1 aliphatic rings. The number of aromatic carboxylic acids is 1. The highest BCUT2D eigenvalue weighted by Gasteiger charge is 2.24. The summed E-state index contributed by atoms with van der Waals surface area (Å²) in [4.78, 5) is 16.4. The molecule has 1 aromatic heterocycles. The van der Waals surface area contributed by atoms with Gasteiger partial charge >= 0.3 is 5.97 Å². The first-order valence-corrected chi connectivity index (χ1v) is 11.3. The molecule has 0 bridgehead atoms. The third-order valence-electron chi connectivity index (χ3n) is 6.18. The molecule has 0 saturated carbocycles. The number of hydrogen-bond acceptors (Lipinski definition) is 3. The lowest BCUT2D eigenvalue weighted by Gasteiger charge is -2.24. The zero-order valence-electron chi connectivity index (χ0n) is 18.3. The number of carboxylic acid groups (broad SMARTS) is 1. The molecule has 0 saturated heterocycles. The van der Waals surface area contributed by atoms with Crippen molar-refractivity contribution in [2.24, 2.45) is 5.92 Å². The van der Waals surface area contributed by atoms with Crippen molar-refractivity contribution in [2.75, 3.05) is 0 Å². The summed E-state index contributed by atoms with van der Waals surface area (Å²) in [5.74, 6) is 0.817. The number of benzene rings is 3. The van der Waals surface area contributed by atoms with Crippen LogP contribution in [0, 0.1) is 5.92 Å². The zero-order chi connectivity index (χ0) is 22.6. The van der Waals surface area contributed by atoms with Crippen LogP contribution >= 0.6 is 0 Å². The fourth-order valence-corrected chi connectivity index (χ4v) is 4.58. The Morgan fingerprint density at radius 2 is 1.61 bits per heavy atom. The molecule has 1 aliphatic carbocycles. The molecular weight excluding hydrogens is 410 g/mol. The van der Waals surface area contributed by atoms with Crippen molar-refractivity contribution in [1.82, 2.24) is 4.98 Å². The largest absolute Gasteiger partial charge is 0.478 e. The highest BCUT2D eigenvalue weighted by atomic mass is 16.4. The monoisotopic (exact) mass is 435 g/mol. The first-order chi connectivity index (χ1) is 16.2. The van der Waals surface area contributed by atoms with Gasteiger partial charge < -0.3 is 9.52 Å². The molecule has 1 N–H and O–H groups in total. The van der Waals surface area contributed by atoms with Gasteiger partial charge in [0, 0.05) is 17.5 Å². The fraction of sp³-hybridized carbons (Fsp3) is 0.172. The summed E-state index contributed by atoms with van der Waals surface area (Å²) in [5, 5.41) is 9.41. The predicted molar refractivity (Wildman–Crippen MR) is 130 cm³/mol. The topological polar surface area (TPSA) is 63.3 Å². The lowest BCUT2D eigenvalue weighted by atomic mass is 9.81. The number of hydrogen-bond donors (Lipinski definition) is 1. The molecule has 4 nitrogen and oxygen atoms in total. The third kappa shape index (κ3) is 4.51. The van der Waals surface area contributed by atoms with Crippen LogP contribution < -0.4 is 0 Å². The van der Waals surface area contributed by atoms with E-state index in [2.05, 4.69) is 18.2 Å². The number of nitrogens with zero attached hydrogens (tertiary/aromatic N) is 1. The maximum atomic E-state index is 11.5. The average molecular weight is 436 g/mol. The van der Waals surface area contributed by atoms with E-state index in [1.54, 1.807) is 12.1 Å². The van der Waals surface area contributed by atoms with Crippen molar-refractivity contribution >= 4 is 11.5 Å². The Morgan fingerprint density at radius 1 is 0.909 bits per heavy atom. The summed E-state index contributed by atoms with van der Waals surface area (Å²) in [5.41, 5.74) is 5.35. The smallest absolute Gasteiger partial charge is 0.335 e. The summed E-state index contributed by atoms with van der Waals surface area (Å²) < 4.78 is 6.37. The van der Waals surface area contributed by atoms with E-state index in [1.807, 2.05) is 60.7 Å². The van der Waals surface area contributed by atoms with E-state index >= 15 is 0 Å². The number of aromatic nitrogens is 1. The molecular formula is C29H25NO3. The molecule has 5 rings (SSSR count). The van der Waals surface area contributed by atoms with Gasteiger partial charge in [-0.05, 0) is 48.4 Å². The van der Waals surface area contributed by atoms with Gasteiger partial charge in [-0.1, -0.05) is 78.9 Å². The molecule has 0 spiro atoms. The van der Waals surface area contributed by atoms with Gasteiger partial charge in [-0.3, -0.25) is 0 Å². The Kier molecular flexibility index (Phi) is 5.90. The number of allylic oxidation sites excluding steroid dienone is 2. The number of carbonyl (C=O) groups is 1. The molecule has 4 aromatic rings. The second kappa shape index (κ2) is 9.29. The standard InChI is InChI=1S/C29H25NO3/c31-29(32)24-16-9-15-22(18-24)25-17-8-7-14-23(25)19-26-30-27(20-10-3-1-4-11-20)28(33-26)21-12-5-2-6-13-21/h1-6,9-13,15-18,23H,7-8,14,19H2,(H,31,32). The maximum Gasteiger partial charge on any atom is 0.335 e. The Labute approximate surface area is 193 Å². The van der Waals surface area contributed by atoms with Crippen LogP contribution in [0.15, 0.2) is 95.4 Å². The SMILES string of the molecule is O=C(O)c1cccc(C2=CCCCC2Cc2nc(-c3ccccc3)c(-c3ccccc3)o2)c1. The van der Waals surface area contributed by atoms with E-state index in [0.29, 0.717) is 17.9 Å². The highest BCUT2D eigenvalue weighted by molar-refractivity contribution is 5.89. The highest BCUT2D eigenvalue weighted by Crippen LogP contribution is 2.38. The fourth-order valence-electron chi connectivity index (χ4n) is 4.58. The van der Waals surface area contributed by atoms with Crippen LogP contribution in [0.3, 0.4) is 0 Å². The van der Waals surface area contributed by atoms with Crippen LogP contribution in [0.2, 0.25) is 0 Å². The van der Waals surface area contributed by atoms with E-state index in [9.17, 15) is 9.90 Å². The first-order valence-electron chi connectivity index (χ1n) is 11.3. The minimum Gasteiger partial charge on any atom is -0.478 e. The molecule has 0 aliphatic heterocycles. The van der Waals surface area contributed by atoms with Crippen molar-refractivity contribution in [1.29, 1.82) is 0 Å². The molecule has 1 heterocycles. The van der Waals surface area contributed by atoms with Crippen LogP contribution in [0.1, 0.15) is 41.1 Å². The lowest BCUT2D eigenvalue weighted by molar-refractivity contribution is 0.0697. The Bertz CT molecular complexity index is 1230. The minimum absolute atomic E-state index is 0.230. The van der Waals surface area contributed by atoms with Gasteiger partial charge in [0.2, 0.25) is 0 Å². The van der Waals surface area contributed by atoms with Crippen molar-refractivity contribution in [3.63, 3.8) is 0 Å². The van der Waals surface area contributed by atoms with Gasteiger partial charge in [0.05, 0.1) is 5.56 Å². The van der Waals surface area contributed by atoms with Crippen molar-refractivity contribution < 1.29 is 14.3 Å². The molecule has 164 valence electrons. The number of oxazole rings is 1. The maximum absolute atomic E-state index is 11.5. The van der Waals surface area contributed by atoms with Crippen LogP contribution in [0.25, 0.3) is 28.2 Å². The summed E-state index contributed by atoms with van der Waals surface area (Å²) in [6.45, 7) is 0. The van der Waals surface area contributed by atoms with E-state index < -0.39 is 5.97 Å². The summed E-state index contributed by atoms with van der Waals surface area (Å²) in [7, 11) is 0. The van der Waals surface area contributed by atoms with Crippen LogP contribution in [-0.4, -0.2) is 16.1 Å².